The summed E-state index contributed by atoms with van der Waals surface area (Å²) in [5.41, 5.74) is 5.40. The number of hydrogen-bond acceptors (Lipinski definition) is 3. The van der Waals surface area contributed by atoms with Crippen LogP contribution in [0.1, 0.15) is 28.7 Å². The summed E-state index contributed by atoms with van der Waals surface area (Å²) in [6.07, 6.45) is 1.46. The minimum atomic E-state index is -0.319. The molecule has 1 aromatic heterocycles. The first-order valence-corrected chi connectivity index (χ1v) is 8.51. The van der Waals surface area contributed by atoms with Crippen LogP contribution in [0.15, 0.2) is 41.5 Å². The molecule has 7 heteroatoms. The molecular formula is C18H16Cl2N4O. The molecular weight excluding hydrogens is 359 g/mol. The van der Waals surface area contributed by atoms with Gasteiger partial charge in [-0.15, -0.1) is 0 Å². The van der Waals surface area contributed by atoms with E-state index in [-0.39, 0.29) is 5.91 Å². The Morgan fingerprint density at radius 2 is 2.12 bits per heavy atom. The van der Waals surface area contributed by atoms with E-state index < -0.39 is 0 Å². The molecule has 0 saturated carbocycles. The smallest absolute Gasteiger partial charge is 0.271 e. The zero-order chi connectivity index (χ0) is 18.0. The number of halogens is 2. The maximum atomic E-state index is 12.3. The lowest BCUT2D eigenvalue weighted by Gasteiger charge is -2.03. The lowest BCUT2D eigenvalue weighted by atomic mass is 10.2. The number of aryl methyl sites for hydroxylation is 2. The molecule has 25 heavy (non-hydrogen) atoms. The molecule has 0 aliphatic rings. The van der Waals surface area contributed by atoms with Gasteiger partial charge < -0.3 is 4.57 Å². The van der Waals surface area contributed by atoms with E-state index in [9.17, 15) is 4.79 Å². The maximum Gasteiger partial charge on any atom is 0.271 e. The molecule has 1 N–H and O–H groups in total. The van der Waals surface area contributed by atoms with Crippen LogP contribution in [-0.4, -0.2) is 21.7 Å². The van der Waals surface area contributed by atoms with Gasteiger partial charge in [0.2, 0.25) is 0 Å². The number of fused-ring (bicyclic) bond motifs is 1. The SMILES string of the molecule is CCn1c(C)nc2cc(C(=O)N/N=C/c3cccc(Cl)c3Cl)ccc21. The molecule has 3 aromatic rings. The average Bonchev–Trinajstić information content (AvgIpc) is 2.92. The Balaban J connectivity index is 1.78. The van der Waals surface area contributed by atoms with Crippen LogP contribution in [0.2, 0.25) is 10.0 Å². The van der Waals surface area contributed by atoms with Gasteiger partial charge >= 0.3 is 0 Å². The van der Waals surface area contributed by atoms with E-state index >= 15 is 0 Å². The number of imidazole rings is 1. The van der Waals surface area contributed by atoms with E-state index in [2.05, 4.69) is 27.0 Å². The van der Waals surface area contributed by atoms with Crippen molar-refractivity contribution in [3.05, 3.63) is 63.4 Å². The fraction of sp³-hybridized carbons (Fsp3) is 0.167. The molecule has 2 aromatic carbocycles. The van der Waals surface area contributed by atoms with Crippen molar-refractivity contribution in [2.75, 3.05) is 0 Å². The Morgan fingerprint density at radius 3 is 2.88 bits per heavy atom. The third-order valence-electron chi connectivity index (χ3n) is 3.87. The number of carbonyl (C=O) groups excluding carboxylic acids is 1. The fourth-order valence-corrected chi connectivity index (χ4v) is 2.99. The first-order chi connectivity index (χ1) is 12.0. The molecule has 0 atom stereocenters. The van der Waals surface area contributed by atoms with Crippen LogP contribution in [0.5, 0.6) is 0 Å². The van der Waals surface area contributed by atoms with Crippen LogP contribution in [-0.2, 0) is 6.54 Å². The summed E-state index contributed by atoms with van der Waals surface area (Å²) in [4.78, 5) is 16.8. The highest BCUT2D eigenvalue weighted by atomic mass is 35.5. The predicted octanol–water partition coefficient (Wildman–Crippen LogP) is 4.44. The number of rotatable bonds is 4. The second kappa shape index (κ2) is 7.25. The third-order valence-corrected chi connectivity index (χ3v) is 4.70. The van der Waals surface area contributed by atoms with Gasteiger partial charge in [0.05, 0.1) is 27.3 Å². The molecule has 1 heterocycles. The molecule has 0 saturated heterocycles. The van der Waals surface area contributed by atoms with Crippen molar-refractivity contribution in [3.8, 4) is 0 Å². The average molecular weight is 375 g/mol. The van der Waals surface area contributed by atoms with Crippen molar-refractivity contribution in [2.24, 2.45) is 5.10 Å². The first-order valence-electron chi connectivity index (χ1n) is 7.75. The van der Waals surface area contributed by atoms with Crippen molar-refractivity contribution in [1.82, 2.24) is 15.0 Å². The molecule has 0 bridgehead atoms. The maximum absolute atomic E-state index is 12.3. The van der Waals surface area contributed by atoms with E-state index in [1.54, 1.807) is 30.3 Å². The third kappa shape index (κ3) is 3.52. The number of benzene rings is 2. The van der Waals surface area contributed by atoms with Gasteiger partial charge in [0.1, 0.15) is 5.82 Å². The van der Waals surface area contributed by atoms with Crippen LogP contribution in [0.4, 0.5) is 0 Å². The minimum Gasteiger partial charge on any atom is -0.329 e. The summed E-state index contributed by atoms with van der Waals surface area (Å²) < 4.78 is 2.09. The molecule has 0 aliphatic heterocycles. The zero-order valence-corrected chi connectivity index (χ0v) is 15.3. The molecule has 0 unspecified atom stereocenters. The summed E-state index contributed by atoms with van der Waals surface area (Å²) in [6.45, 7) is 4.84. The number of nitrogens with one attached hydrogen (secondary N) is 1. The van der Waals surface area contributed by atoms with Crippen molar-refractivity contribution in [1.29, 1.82) is 0 Å². The van der Waals surface area contributed by atoms with Gasteiger partial charge in [0, 0.05) is 17.7 Å². The number of aromatic nitrogens is 2. The monoisotopic (exact) mass is 374 g/mol. The second-order valence-electron chi connectivity index (χ2n) is 5.45. The highest BCUT2D eigenvalue weighted by Gasteiger charge is 2.10. The van der Waals surface area contributed by atoms with Crippen LogP contribution >= 0.6 is 23.2 Å². The molecule has 1 amide bonds. The highest BCUT2D eigenvalue weighted by molar-refractivity contribution is 6.43. The van der Waals surface area contributed by atoms with Crippen molar-refractivity contribution in [2.45, 2.75) is 20.4 Å². The Hall–Kier alpha value is -2.37. The highest BCUT2D eigenvalue weighted by Crippen LogP contribution is 2.24. The summed E-state index contributed by atoms with van der Waals surface area (Å²) >= 11 is 12.0. The molecule has 0 spiro atoms. The Bertz CT molecular complexity index is 979. The Labute approximate surface area is 155 Å². The van der Waals surface area contributed by atoms with Crippen LogP contribution in [0.25, 0.3) is 11.0 Å². The number of hydrazone groups is 1. The Kier molecular flexibility index (Phi) is 5.06. The lowest BCUT2D eigenvalue weighted by Crippen LogP contribution is -2.17. The van der Waals surface area contributed by atoms with Gasteiger partial charge in [0.25, 0.3) is 5.91 Å². The van der Waals surface area contributed by atoms with Crippen LogP contribution < -0.4 is 5.43 Å². The quantitative estimate of drug-likeness (QED) is 0.542. The Morgan fingerprint density at radius 1 is 1.32 bits per heavy atom. The van der Waals surface area contributed by atoms with Crippen molar-refractivity contribution >= 4 is 46.4 Å². The van der Waals surface area contributed by atoms with Gasteiger partial charge in [-0.1, -0.05) is 35.3 Å². The van der Waals surface area contributed by atoms with E-state index in [1.807, 2.05) is 13.0 Å². The number of hydrogen-bond donors (Lipinski definition) is 1. The molecule has 0 radical (unpaired) electrons. The zero-order valence-electron chi connectivity index (χ0n) is 13.8. The first kappa shape index (κ1) is 17.5. The van der Waals surface area contributed by atoms with Gasteiger partial charge in [-0.05, 0) is 38.1 Å². The predicted molar refractivity (Wildman–Crippen MR) is 102 cm³/mol. The largest absolute Gasteiger partial charge is 0.329 e. The normalized spacial score (nSPS) is 11.4. The molecule has 128 valence electrons. The number of amides is 1. The summed E-state index contributed by atoms with van der Waals surface area (Å²) in [6, 6.07) is 10.6. The molecule has 5 nitrogen and oxygen atoms in total. The van der Waals surface area contributed by atoms with E-state index in [0.717, 1.165) is 23.4 Å². The van der Waals surface area contributed by atoms with Gasteiger partial charge in [-0.3, -0.25) is 4.79 Å². The van der Waals surface area contributed by atoms with E-state index in [1.165, 1.54) is 6.21 Å². The number of carbonyl (C=O) groups is 1. The van der Waals surface area contributed by atoms with E-state index in [0.29, 0.717) is 21.2 Å². The molecule has 3 rings (SSSR count). The minimum absolute atomic E-state index is 0.319. The van der Waals surface area contributed by atoms with E-state index in [4.69, 9.17) is 23.2 Å². The number of nitrogens with zero attached hydrogens (tertiary/aromatic N) is 3. The van der Waals surface area contributed by atoms with Gasteiger partial charge in [-0.2, -0.15) is 5.10 Å². The molecule has 0 aliphatic carbocycles. The lowest BCUT2D eigenvalue weighted by molar-refractivity contribution is 0.0955. The fourth-order valence-electron chi connectivity index (χ4n) is 2.64. The summed E-state index contributed by atoms with van der Waals surface area (Å²) in [5.74, 6) is 0.601. The standard InChI is InChI=1S/C18H16Cl2N4O/c1-3-24-11(2)22-15-9-12(7-8-16(15)24)18(25)23-21-10-13-5-4-6-14(19)17(13)20/h4-10H,3H2,1-2H3,(H,23,25)/b21-10+. The second-order valence-corrected chi connectivity index (χ2v) is 6.23. The van der Waals surface area contributed by atoms with Crippen molar-refractivity contribution < 1.29 is 4.79 Å². The topological polar surface area (TPSA) is 59.3 Å². The van der Waals surface area contributed by atoms with Crippen LogP contribution in [0, 0.1) is 6.92 Å². The summed E-state index contributed by atoms with van der Waals surface area (Å²) in [5, 5.41) is 4.77. The van der Waals surface area contributed by atoms with Crippen LogP contribution in [0.3, 0.4) is 0 Å². The summed E-state index contributed by atoms with van der Waals surface area (Å²) in [7, 11) is 0. The van der Waals surface area contributed by atoms with Gasteiger partial charge in [0.15, 0.2) is 0 Å². The van der Waals surface area contributed by atoms with Crippen molar-refractivity contribution in [3.63, 3.8) is 0 Å². The molecule has 0 fully saturated rings. The van der Waals surface area contributed by atoms with Gasteiger partial charge in [-0.25, -0.2) is 10.4 Å².